The van der Waals surface area contributed by atoms with E-state index in [-0.39, 0.29) is 23.5 Å². The number of carbonyl (C=O) groups excluding carboxylic acids is 2. The highest BCUT2D eigenvalue weighted by molar-refractivity contribution is 5.80. The smallest absolute Gasteiger partial charge is 0.225 e. The van der Waals surface area contributed by atoms with Crippen LogP contribution in [0.2, 0.25) is 0 Å². The molecule has 1 N–H and O–H groups in total. The topological polar surface area (TPSA) is 52.7 Å². The minimum Gasteiger partial charge on any atom is -0.347 e. The Morgan fingerprint density at radius 1 is 1.32 bits per heavy atom. The van der Waals surface area contributed by atoms with Crippen LogP contribution in [-0.4, -0.2) is 53.3 Å². The maximum absolute atomic E-state index is 13.4. The van der Waals surface area contributed by atoms with Crippen LogP contribution in [0, 0.1) is 11.7 Å². The number of halogens is 1. The van der Waals surface area contributed by atoms with E-state index in [9.17, 15) is 14.0 Å². The lowest BCUT2D eigenvalue weighted by molar-refractivity contribution is -0.134. The average Bonchev–Trinajstić information content (AvgIpc) is 2.88. The number of benzene rings is 1. The third-order valence-electron chi connectivity index (χ3n) is 5.04. The first kappa shape index (κ1) is 17.9. The van der Waals surface area contributed by atoms with Gasteiger partial charge in [0.2, 0.25) is 11.8 Å². The van der Waals surface area contributed by atoms with Crippen molar-refractivity contribution in [2.75, 3.05) is 26.2 Å². The van der Waals surface area contributed by atoms with E-state index in [2.05, 4.69) is 10.2 Å². The second-order valence-electron chi connectivity index (χ2n) is 7.58. The molecule has 1 unspecified atom stereocenters. The van der Waals surface area contributed by atoms with Gasteiger partial charge in [0.05, 0.1) is 5.54 Å². The number of hydrogen-bond acceptors (Lipinski definition) is 3. The van der Waals surface area contributed by atoms with Crippen molar-refractivity contribution in [2.24, 2.45) is 5.92 Å². The molecule has 5 nitrogen and oxygen atoms in total. The molecule has 1 spiro atoms. The van der Waals surface area contributed by atoms with E-state index in [4.69, 9.17) is 0 Å². The van der Waals surface area contributed by atoms with E-state index in [1.54, 1.807) is 6.07 Å². The van der Waals surface area contributed by atoms with Gasteiger partial charge in [0.15, 0.2) is 0 Å². The fraction of sp³-hybridized carbons (Fsp3) is 0.579. The van der Waals surface area contributed by atoms with Gasteiger partial charge in [0.25, 0.3) is 0 Å². The predicted molar refractivity (Wildman–Crippen MR) is 93.2 cm³/mol. The first-order valence-corrected chi connectivity index (χ1v) is 8.93. The van der Waals surface area contributed by atoms with E-state index in [1.165, 1.54) is 12.1 Å². The number of nitrogens with zero attached hydrogens (tertiary/aromatic N) is 2. The summed E-state index contributed by atoms with van der Waals surface area (Å²) in [5.41, 5.74) is 0.503. The molecule has 1 atom stereocenters. The quantitative estimate of drug-likeness (QED) is 0.907. The zero-order valence-electron chi connectivity index (χ0n) is 14.9. The molecule has 3 rings (SSSR count). The van der Waals surface area contributed by atoms with Crippen molar-refractivity contribution in [1.82, 2.24) is 15.1 Å². The Balaban J connectivity index is 1.73. The fourth-order valence-corrected chi connectivity index (χ4v) is 3.85. The van der Waals surface area contributed by atoms with Crippen molar-refractivity contribution in [1.29, 1.82) is 0 Å². The molecule has 0 bridgehead atoms. The van der Waals surface area contributed by atoms with Crippen molar-refractivity contribution in [2.45, 2.75) is 38.8 Å². The second kappa shape index (κ2) is 7.12. The maximum atomic E-state index is 13.4. The van der Waals surface area contributed by atoms with Gasteiger partial charge in [-0.1, -0.05) is 26.0 Å². The summed E-state index contributed by atoms with van der Waals surface area (Å²) in [6, 6.07) is 6.58. The lowest BCUT2D eigenvalue weighted by atomic mass is 9.97. The van der Waals surface area contributed by atoms with Gasteiger partial charge in [-0.25, -0.2) is 4.39 Å². The third-order valence-corrected chi connectivity index (χ3v) is 5.04. The van der Waals surface area contributed by atoms with Crippen LogP contribution in [0.1, 0.15) is 32.3 Å². The summed E-state index contributed by atoms with van der Waals surface area (Å²) in [6.45, 7) is 6.94. The summed E-state index contributed by atoms with van der Waals surface area (Å²) in [4.78, 5) is 28.6. The summed E-state index contributed by atoms with van der Waals surface area (Å²) in [5, 5.41) is 3.16. The second-order valence-corrected chi connectivity index (χ2v) is 7.58. The minimum atomic E-state index is -0.397. The molecule has 0 radical (unpaired) electrons. The van der Waals surface area contributed by atoms with E-state index in [0.717, 1.165) is 12.0 Å². The van der Waals surface area contributed by atoms with Crippen LogP contribution < -0.4 is 5.32 Å². The molecule has 0 aromatic heterocycles. The van der Waals surface area contributed by atoms with Crippen LogP contribution >= 0.6 is 0 Å². The van der Waals surface area contributed by atoms with Gasteiger partial charge in [0.1, 0.15) is 5.82 Å². The van der Waals surface area contributed by atoms with Crippen LogP contribution in [0.25, 0.3) is 0 Å². The third kappa shape index (κ3) is 4.18. The van der Waals surface area contributed by atoms with Gasteiger partial charge in [0, 0.05) is 45.1 Å². The Morgan fingerprint density at radius 3 is 2.84 bits per heavy atom. The summed E-state index contributed by atoms with van der Waals surface area (Å²) in [6.07, 6.45) is 1.19. The lowest BCUT2D eigenvalue weighted by Gasteiger charge is -2.33. The molecule has 2 aliphatic heterocycles. The van der Waals surface area contributed by atoms with Crippen LogP contribution in [0.15, 0.2) is 24.3 Å². The molecule has 136 valence electrons. The molecule has 0 saturated carbocycles. The van der Waals surface area contributed by atoms with Gasteiger partial charge in [-0.3, -0.25) is 14.5 Å². The molecule has 1 aromatic rings. The molecule has 2 heterocycles. The highest BCUT2D eigenvalue weighted by atomic mass is 19.1. The highest BCUT2D eigenvalue weighted by Gasteiger charge is 2.43. The van der Waals surface area contributed by atoms with Crippen molar-refractivity contribution >= 4 is 11.8 Å². The molecule has 1 aromatic carbocycles. The SMILES string of the molecule is CC(C)C(=O)N1CCC2(CN(Cc3cccc(F)c3)CCC(=O)N2)C1. The Bertz CT molecular complexity index is 664. The first-order chi connectivity index (χ1) is 11.9. The van der Waals surface area contributed by atoms with E-state index in [1.807, 2.05) is 24.8 Å². The van der Waals surface area contributed by atoms with Crippen molar-refractivity contribution in [3.05, 3.63) is 35.6 Å². The molecule has 6 heteroatoms. The van der Waals surface area contributed by atoms with E-state index in [0.29, 0.717) is 39.1 Å². The molecule has 2 saturated heterocycles. The number of hydrogen-bond donors (Lipinski definition) is 1. The summed E-state index contributed by atoms with van der Waals surface area (Å²) >= 11 is 0. The van der Waals surface area contributed by atoms with E-state index >= 15 is 0 Å². The molecule has 2 amide bonds. The number of nitrogens with one attached hydrogen (secondary N) is 1. The average molecular weight is 347 g/mol. The van der Waals surface area contributed by atoms with Gasteiger partial charge >= 0.3 is 0 Å². The monoisotopic (exact) mass is 347 g/mol. The highest BCUT2D eigenvalue weighted by Crippen LogP contribution is 2.27. The Morgan fingerprint density at radius 2 is 2.12 bits per heavy atom. The van der Waals surface area contributed by atoms with Crippen LogP contribution in [0.4, 0.5) is 4.39 Å². The van der Waals surface area contributed by atoms with Gasteiger partial charge in [-0.05, 0) is 24.1 Å². The molecule has 25 heavy (non-hydrogen) atoms. The van der Waals surface area contributed by atoms with Crippen LogP contribution in [0.5, 0.6) is 0 Å². The Kier molecular flexibility index (Phi) is 5.08. The number of likely N-dealkylation sites (tertiary alicyclic amines) is 1. The van der Waals surface area contributed by atoms with Crippen molar-refractivity contribution in [3.63, 3.8) is 0 Å². The zero-order valence-corrected chi connectivity index (χ0v) is 14.9. The standard InChI is InChI=1S/C19H26FN3O2/c1-14(2)18(25)23-9-7-19(13-23)12-22(8-6-17(24)21-19)11-15-4-3-5-16(20)10-15/h3-5,10,14H,6-9,11-13H2,1-2H3,(H,21,24). The maximum Gasteiger partial charge on any atom is 0.225 e. The number of carbonyl (C=O) groups is 2. The van der Waals surface area contributed by atoms with Gasteiger partial charge < -0.3 is 10.2 Å². The number of rotatable bonds is 3. The summed E-state index contributed by atoms with van der Waals surface area (Å²) in [5.74, 6) is -0.126. The van der Waals surface area contributed by atoms with Gasteiger partial charge in [-0.15, -0.1) is 0 Å². The van der Waals surface area contributed by atoms with Crippen LogP contribution in [0.3, 0.4) is 0 Å². The fourth-order valence-electron chi connectivity index (χ4n) is 3.85. The van der Waals surface area contributed by atoms with Gasteiger partial charge in [-0.2, -0.15) is 0 Å². The number of amides is 2. The zero-order chi connectivity index (χ0) is 18.0. The normalized spacial score (nSPS) is 24.6. The largest absolute Gasteiger partial charge is 0.347 e. The lowest BCUT2D eigenvalue weighted by Crippen LogP contribution is -2.55. The van der Waals surface area contributed by atoms with Crippen LogP contribution in [-0.2, 0) is 16.1 Å². The Hall–Kier alpha value is -1.95. The predicted octanol–water partition coefficient (Wildman–Crippen LogP) is 1.77. The molecule has 0 aliphatic carbocycles. The molecule has 2 fully saturated rings. The Labute approximate surface area is 148 Å². The molecule has 2 aliphatic rings. The molecular formula is C19H26FN3O2. The van der Waals surface area contributed by atoms with Crippen molar-refractivity contribution < 1.29 is 14.0 Å². The minimum absolute atomic E-state index is 0.0283. The summed E-state index contributed by atoms with van der Waals surface area (Å²) < 4.78 is 13.4. The van der Waals surface area contributed by atoms with Crippen molar-refractivity contribution in [3.8, 4) is 0 Å². The summed E-state index contributed by atoms with van der Waals surface area (Å²) in [7, 11) is 0. The van der Waals surface area contributed by atoms with E-state index < -0.39 is 5.54 Å². The molecular weight excluding hydrogens is 321 g/mol. The first-order valence-electron chi connectivity index (χ1n) is 8.93.